The molecule has 0 saturated carbocycles. The van der Waals surface area contributed by atoms with Crippen molar-refractivity contribution in [3.8, 4) is 11.5 Å². The van der Waals surface area contributed by atoms with Gasteiger partial charge in [-0.05, 0) is 37.0 Å². The third-order valence-electron chi connectivity index (χ3n) is 2.68. The van der Waals surface area contributed by atoms with Crippen molar-refractivity contribution in [2.75, 3.05) is 14.2 Å². The minimum absolute atomic E-state index is 0.663. The van der Waals surface area contributed by atoms with E-state index in [-0.39, 0.29) is 0 Å². The average Bonchev–Trinajstić information content (AvgIpc) is 2.34. The van der Waals surface area contributed by atoms with Crippen LogP contribution in [0.2, 0.25) is 0 Å². The molecule has 0 aromatic heterocycles. The van der Waals surface area contributed by atoms with Gasteiger partial charge in [-0.25, -0.2) is 4.79 Å². The second-order valence-corrected chi connectivity index (χ2v) is 3.90. The summed E-state index contributed by atoms with van der Waals surface area (Å²) in [7, 11) is 3.23. The van der Waals surface area contributed by atoms with Gasteiger partial charge in [-0.15, -0.1) is 0 Å². The van der Waals surface area contributed by atoms with Crippen LogP contribution >= 0.6 is 0 Å². The van der Waals surface area contributed by atoms with Crippen LogP contribution in [-0.4, -0.2) is 25.3 Å². The molecular formula is C14H18O4. The van der Waals surface area contributed by atoms with Gasteiger partial charge in [-0.3, -0.25) is 0 Å². The van der Waals surface area contributed by atoms with Gasteiger partial charge in [-0.2, -0.15) is 0 Å². The van der Waals surface area contributed by atoms with Gasteiger partial charge >= 0.3 is 5.97 Å². The summed E-state index contributed by atoms with van der Waals surface area (Å²) in [5, 5.41) is 8.51. The molecule has 0 heterocycles. The van der Waals surface area contributed by atoms with E-state index in [1.807, 2.05) is 19.1 Å². The molecule has 4 nitrogen and oxygen atoms in total. The third-order valence-corrected chi connectivity index (χ3v) is 2.68. The fourth-order valence-corrected chi connectivity index (χ4v) is 1.78. The molecule has 4 heteroatoms. The van der Waals surface area contributed by atoms with E-state index < -0.39 is 5.97 Å². The van der Waals surface area contributed by atoms with E-state index in [0.29, 0.717) is 6.42 Å². The maximum absolute atomic E-state index is 10.4. The Labute approximate surface area is 107 Å². The summed E-state index contributed by atoms with van der Waals surface area (Å²) in [5.41, 5.74) is 2.16. The second kappa shape index (κ2) is 6.69. The van der Waals surface area contributed by atoms with E-state index in [2.05, 4.69) is 0 Å². The lowest BCUT2D eigenvalue weighted by atomic mass is 10.0. The highest BCUT2D eigenvalue weighted by molar-refractivity contribution is 5.79. The predicted molar refractivity (Wildman–Crippen MR) is 69.4 cm³/mol. The van der Waals surface area contributed by atoms with E-state index >= 15 is 0 Å². The van der Waals surface area contributed by atoms with Gasteiger partial charge in [0.15, 0.2) is 0 Å². The molecule has 0 atom stereocenters. The highest BCUT2D eigenvalue weighted by Gasteiger charge is 2.08. The Morgan fingerprint density at radius 1 is 1.33 bits per heavy atom. The van der Waals surface area contributed by atoms with Crippen molar-refractivity contribution in [1.29, 1.82) is 0 Å². The number of aryl methyl sites for hydroxylation is 1. The van der Waals surface area contributed by atoms with Gasteiger partial charge in [0.2, 0.25) is 0 Å². The molecule has 0 amide bonds. The normalized spacial score (nSPS) is 10.6. The van der Waals surface area contributed by atoms with Crippen LogP contribution in [0.1, 0.15) is 17.5 Å². The fourth-order valence-electron chi connectivity index (χ4n) is 1.78. The number of carboxylic acid groups (broad SMARTS) is 1. The molecule has 0 radical (unpaired) electrons. The average molecular weight is 250 g/mol. The van der Waals surface area contributed by atoms with Gasteiger partial charge in [0, 0.05) is 12.1 Å². The van der Waals surface area contributed by atoms with Gasteiger partial charge in [0.25, 0.3) is 0 Å². The van der Waals surface area contributed by atoms with Crippen LogP contribution < -0.4 is 9.47 Å². The predicted octanol–water partition coefficient (Wildman–Crippen LogP) is 2.59. The van der Waals surface area contributed by atoms with E-state index in [1.54, 1.807) is 20.3 Å². The van der Waals surface area contributed by atoms with Crippen molar-refractivity contribution in [2.45, 2.75) is 19.8 Å². The van der Waals surface area contributed by atoms with Gasteiger partial charge in [0.05, 0.1) is 14.2 Å². The molecule has 0 fully saturated rings. The molecule has 0 aliphatic heterocycles. The quantitative estimate of drug-likeness (QED) is 0.788. The molecule has 1 N–H and O–H groups in total. The maximum Gasteiger partial charge on any atom is 0.327 e. The molecule has 0 aliphatic rings. The first-order valence-electron chi connectivity index (χ1n) is 5.69. The molecule has 18 heavy (non-hydrogen) atoms. The van der Waals surface area contributed by atoms with Crippen molar-refractivity contribution in [2.24, 2.45) is 0 Å². The molecule has 0 aliphatic carbocycles. The molecule has 1 aromatic rings. The summed E-state index contributed by atoms with van der Waals surface area (Å²) < 4.78 is 10.5. The summed E-state index contributed by atoms with van der Waals surface area (Å²) in [4.78, 5) is 10.4. The fraction of sp³-hybridized carbons (Fsp3) is 0.357. The first-order chi connectivity index (χ1) is 8.58. The van der Waals surface area contributed by atoms with Crippen molar-refractivity contribution >= 4 is 5.97 Å². The highest BCUT2D eigenvalue weighted by atomic mass is 16.5. The van der Waals surface area contributed by atoms with Crippen molar-refractivity contribution in [3.05, 3.63) is 35.4 Å². The standard InChI is InChI=1S/C14H18O4/c1-10-8-11(17-2)9-13(18-3)12(10)6-4-5-7-14(15)16/h5,7-9H,4,6H2,1-3H3,(H,15,16)/b7-5+. The Balaban J connectivity index is 2.84. The summed E-state index contributed by atoms with van der Waals surface area (Å²) in [6, 6.07) is 3.78. The lowest BCUT2D eigenvalue weighted by Crippen LogP contribution is -1.97. The van der Waals surface area contributed by atoms with Crippen LogP contribution in [0.3, 0.4) is 0 Å². The lowest BCUT2D eigenvalue weighted by molar-refractivity contribution is -0.131. The Bertz CT molecular complexity index is 449. The van der Waals surface area contributed by atoms with Gasteiger partial charge in [0.1, 0.15) is 11.5 Å². The minimum atomic E-state index is -0.923. The molecule has 98 valence electrons. The largest absolute Gasteiger partial charge is 0.497 e. The van der Waals surface area contributed by atoms with Crippen LogP contribution in [0.4, 0.5) is 0 Å². The number of carbonyl (C=O) groups is 1. The second-order valence-electron chi connectivity index (χ2n) is 3.90. The van der Waals surface area contributed by atoms with E-state index in [0.717, 1.165) is 35.1 Å². The van der Waals surface area contributed by atoms with E-state index in [1.165, 1.54) is 0 Å². The Kier molecular flexibility index (Phi) is 5.24. The Morgan fingerprint density at radius 2 is 2.06 bits per heavy atom. The van der Waals surface area contributed by atoms with Gasteiger partial charge in [-0.1, -0.05) is 6.08 Å². The van der Waals surface area contributed by atoms with E-state index in [9.17, 15) is 4.79 Å². The first-order valence-corrected chi connectivity index (χ1v) is 5.69. The monoisotopic (exact) mass is 250 g/mol. The minimum Gasteiger partial charge on any atom is -0.497 e. The zero-order valence-electron chi connectivity index (χ0n) is 10.9. The SMILES string of the molecule is COc1cc(C)c(CC/C=C/C(=O)O)c(OC)c1. The number of hydrogen-bond acceptors (Lipinski definition) is 3. The zero-order valence-corrected chi connectivity index (χ0v) is 10.9. The molecule has 0 saturated heterocycles. The number of aliphatic carboxylic acids is 1. The van der Waals surface area contributed by atoms with Crippen LogP contribution in [0.15, 0.2) is 24.3 Å². The Morgan fingerprint density at radius 3 is 2.61 bits per heavy atom. The Hall–Kier alpha value is -1.97. The van der Waals surface area contributed by atoms with Crippen molar-refractivity contribution in [3.63, 3.8) is 0 Å². The van der Waals surface area contributed by atoms with Crippen LogP contribution in [-0.2, 0) is 11.2 Å². The molecule has 0 spiro atoms. The number of allylic oxidation sites excluding steroid dienone is 1. The molecule has 0 bridgehead atoms. The first kappa shape index (κ1) is 14.1. The van der Waals surface area contributed by atoms with E-state index in [4.69, 9.17) is 14.6 Å². The van der Waals surface area contributed by atoms with Crippen LogP contribution in [0.25, 0.3) is 0 Å². The number of ether oxygens (including phenoxy) is 2. The topological polar surface area (TPSA) is 55.8 Å². The summed E-state index contributed by atoms with van der Waals surface area (Å²) in [6.45, 7) is 1.99. The van der Waals surface area contributed by atoms with Gasteiger partial charge < -0.3 is 14.6 Å². The van der Waals surface area contributed by atoms with Crippen molar-refractivity contribution in [1.82, 2.24) is 0 Å². The smallest absolute Gasteiger partial charge is 0.327 e. The van der Waals surface area contributed by atoms with Crippen molar-refractivity contribution < 1.29 is 19.4 Å². The molecule has 1 aromatic carbocycles. The highest BCUT2D eigenvalue weighted by Crippen LogP contribution is 2.29. The maximum atomic E-state index is 10.4. The summed E-state index contributed by atoms with van der Waals surface area (Å²) in [5.74, 6) is 0.609. The summed E-state index contributed by atoms with van der Waals surface area (Å²) >= 11 is 0. The molecule has 1 rings (SSSR count). The lowest BCUT2D eigenvalue weighted by Gasteiger charge is -2.13. The zero-order chi connectivity index (χ0) is 13.5. The van der Waals surface area contributed by atoms with Crippen LogP contribution in [0, 0.1) is 6.92 Å². The third kappa shape index (κ3) is 3.80. The van der Waals surface area contributed by atoms with Crippen LogP contribution in [0.5, 0.6) is 11.5 Å². The number of rotatable bonds is 6. The number of carboxylic acids is 1. The number of benzene rings is 1. The molecular weight excluding hydrogens is 232 g/mol. The number of hydrogen-bond donors (Lipinski definition) is 1. The summed E-state index contributed by atoms with van der Waals surface area (Å²) in [6.07, 6.45) is 4.20. The number of methoxy groups -OCH3 is 2. The molecule has 0 unspecified atom stereocenters.